The topological polar surface area (TPSA) is 24.5 Å². The molecule has 0 amide bonds. The normalized spacial score (nSPS) is 10.6. The lowest BCUT2D eigenvalue weighted by atomic mass is 10.2. The molecular weight excluding hydrogens is 248 g/mol. The van der Waals surface area contributed by atoms with Crippen LogP contribution in [0.1, 0.15) is 5.56 Å². The lowest BCUT2D eigenvalue weighted by molar-refractivity contribution is 0.261. The molecule has 0 saturated heterocycles. The minimum Gasteiger partial charge on any atom is -0.492 e. The minimum atomic E-state index is 0.712. The van der Waals surface area contributed by atoms with Crippen LogP contribution in [0.5, 0.6) is 5.75 Å². The van der Waals surface area contributed by atoms with Crippen LogP contribution in [0.15, 0.2) is 54.6 Å². The zero-order valence-electron chi connectivity index (χ0n) is 12.2. The van der Waals surface area contributed by atoms with E-state index in [2.05, 4.69) is 34.5 Å². The molecule has 0 saturated carbocycles. The zero-order chi connectivity index (χ0) is 14.2. The number of nitrogens with one attached hydrogen (secondary N) is 1. The molecule has 2 rings (SSSR count). The number of nitrogens with zero attached hydrogens (tertiary/aromatic N) is 1. The lowest BCUT2D eigenvalue weighted by Gasteiger charge is -2.12. The molecule has 106 valence electrons. The van der Waals surface area contributed by atoms with Crippen LogP contribution in [0.25, 0.3) is 0 Å². The maximum Gasteiger partial charge on any atom is 0.119 e. The quantitative estimate of drug-likeness (QED) is 0.836. The van der Waals surface area contributed by atoms with Crippen LogP contribution in [-0.2, 0) is 6.54 Å². The van der Waals surface area contributed by atoms with E-state index in [1.165, 1.54) is 5.56 Å². The van der Waals surface area contributed by atoms with Gasteiger partial charge in [-0.2, -0.15) is 0 Å². The third kappa shape index (κ3) is 4.94. The Kier molecular flexibility index (Phi) is 5.44. The second-order valence-electron chi connectivity index (χ2n) is 5.02. The summed E-state index contributed by atoms with van der Waals surface area (Å²) in [7, 11) is 4.08. The maximum absolute atomic E-state index is 5.67. The molecule has 0 aliphatic rings. The number of likely N-dealkylation sites (N-methyl/N-ethyl adjacent to an activating group) is 1. The van der Waals surface area contributed by atoms with E-state index in [0.717, 1.165) is 24.5 Å². The molecule has 0 unspecified atom stereocenters. The van der Waals surface area contributed by atoms with Gasteiger partial charge in [0.25, 0.3) is 0 Å². The van der Waals surface area contributed by atoms with Crippen LogP contribution in [0.4, 0.5) is 5.69 Å². The monoisotopic (exact) mass is 270 g/mol. The fraction of sp³-hybridized carbons (Fsp3) is 0.294. The molecule has 0 heterocycles. The smallest absolute Gasteiger partial charge is 0.119 e. The average molecular weight is 270 g/mol. The molecule has 0 atom stereocenters. The van der Waals surface area contributed by atoms with Gasteiger partial charge in [-0.15, -0.1) is 0 Å². The molecule has 0 spiro atoms. The molecule has 0 aliphatic carbocycles. The summed E-state index contributed by atoms with van der Waals surface area (Å²) in [6.45, 7) is 2.47. The number of ether oxygens (including phenoxy) is 1. The Morgan fingerprint density at radius 1 is 0.950 bits per heavy atom. The second kappa shape index (κ2) is 7.56. The van der Waals surface area contributed by atoms with E-state index in [4.69, 9.17) is 4.74 Å². The standard InChI is InChI=1S/C17H22N2O/c1-19(2)12-13-20-17-10-8-16(9-11-17)18-14-15-6-4-3-5-7-15/h3-11,18H,12-14H2,1-2H3. The van der Waals surface area contributed by atoms with Gasteiger partial charge in [0.15, 0.2) is 0 Å². The van der Waals surface area contributed by atoms with E-state index in [-0.39, 0.29) is 0 Å². The highest BCUT2D eigenvalue weighted by Gasteiger charge is 1.97. The van der Waals surface area contributed by atoms with E-state index in [1.54, 1.807) is 0 Å². The molecular formula is C17H22N2O. The highest BCUT2D eigenvalue weighted by molar-refractivity contribution is 5.46. The Morgan fingerprint density at radius 3 is 2.30 bits per heavy atom. The van der Waals surface area contributed by atoms with Crippen LogP contribution in [0.2, 0.25) is 0 Å². The predicted octanol–water partition coefficient (Wildman–Crippen LogP) is 3.24. The fourth-order valence-electron chi connectivity index (χ4n) is 1.82. The van der Waals surface area contributed by atoms with E-state index in [1.807, 2.05) is 44.4 Å². The van der Waals surface area contributed by atoms with Crippen LogP contribution < -0.4 is 10.1 Å². The Balaban J connectivity index is 1.79. The van der Waals surface area contributed by atoms with Crippen molar-refractivity contribution in [3.63, 3.8) is 0 Å². The van der Waals surface area contributed by atoms with Crippen molar-refractivity contribution in [2.24, 2.45) is 0 Å². The van der Waals surface area contributed by atoms with Crippen molar-refractivity contribution in [1.29, 1.82) is 0 Å². The first kappa shape index (κ1) is 14.4. The molecule has 3 heteroatoms. The summed E-state index contributed by atoms with van der Waals surface area (Å²) in [5.41, 5.74) is 2.38. The number of anilines is 1. The Bertz CT molecular complexity index is 494. The first-order valence-corrected chi connectivity index (χ1v) is 6.89. The summed E-state index contributed by atoms with van der Waals surface area (Å²) in [6, 6.07) is 18.5. The van der Waals surface area contributed by atoms with Gasteiger partial charge in [-0.3, -0.25) is 0 Å². The first-order chi connectivity index (χ1) is 9.74. The van der Waals surface area contributed by atoms with Gasteiger partial charge in [-0.25, -0.2) is 0 Å². The maximum atomic E-state index is 5.67. The second-order valence-corrected chi connectivity index (χ2v) is 5.02. The molecule has 3 nitrogen and oxygen atoms in total. The van der Waals surface area contributed by atoms with Gasteiger partial charge in [0.2, 0.25) is 0 Å². The minimum absolute atomic E-state index is 0.712. The van der Waals surface area contributed by atoms with E-state index < -0.39 is 0 Å². The van der Waals surface area contributed by atoms with Crippen LogP contribution in [0.3, 0.4) is 0 Å². The summed E-state index contributed by atoms with van der Waals surface area (Å²) < 4.78 is 5.67. The molecule has 0 radical (unpaired) electrons. The number of hydrogen-bond donors (Lipinski definition) is 1. The molecule has 2 aromatic rings. The van der Waals surface area contributed by atoms with E-state index in [0.29, 0.717) is 6.61 Å². The van der Waals surface area contributed by atoms with Gasteiger partial charge in [-0.1, -0.05) is 30.3 Å². The number of benzene rings is 2. The third-order valence-corrected chi connectivity index (χ3v) is 3.00. The van der Waals surface area contributed by atoms with Crippen molar-refractivity contribution in [2.75, 3.05) is 32.6 Å². The Labute approximate surface area is 121 Å². The SMILES string of the molecule is CN(C)CCOc1ccc(NCc2ccccc2)cc1. The molecule has 0 bridgehead atoms. The van der Waals surface area contributed by atoms with Gasteiger partial charge >= 0.3 is 0 Å². The summed E-state index contributed by atoms with van der Waals surface area (Å²) >= 11 is 0. The van der Waals surface area contributed by atoms with Crippen molar-refractivity contribution in [3.05, 3.63) is 60.2 Å². The van der Waals surface area contributed by atoms with Crippen molar-refractivity contribution in [3.8, 4) is 5.75 Å². The molecule has 0 aliphatic heterocycles. The molecule has 0 aromatic heterocycles. The largest absolute Gasteiger partial charge is 0.492 e. The number of rotatable bonds is 7. The summed E-state index contributed by atoms with van der Waals surface area (Å²) in [4.78, 5) is 2.11. The summed E-state index contributed by atoms with van der Waals surface area (Å²) in [6.07, 6.45) is 0. The van der Waals surface area contributed by atoms with Gasteiger partial charge in [-0.05, 0) is 43.9 Å². The van der Waals surface area contributed by atoms with Gasteiger partial charge in [0, 0.05) is 18.8 Å². The van der Waals surface area contributed by atoms with Crippen LogP contribution in [-0.4, -0.2) is 32.1 Å². The van der Waals surface area contributed by atoms with E-state index in [9.17, 15) is 0 Å². The average Bonchev–Trinajstić information content (AvgIpc) is 2.47. The van der Waals surface area contributed by atoms with Crippen molar-refractivity contribution < 1.29 is 4.74 Å². The highest BCUT2D eigenvalue weighted by Crippen LogP contribution is 2.16. The van der Waals surface area contributed by atoms with Gasteiger partial charge in [0.1, 0.15) is 12.4 Å². The van der Waals surface area contributed by atoms with Crippen molar-refractivity contribution >= 4 is 5.69 Å². The van der Waals surface area contributed by atoms with Crippen molar-refractivity contribution in [1.82, 2.24) is 4.90 Å². The molecule has 20 heavy (non-hydrogen) atoms. The Morgan fingerprint density at radius 2 is 1.65 bits per heavy atom. The fourth-order valence-corrected chi connectivity index (χ4v) is 1.82. The van der Waals surface area contributed by atoms with Crippen molar-refractivity contribution in [2.45, 2.75) is 6.54 Å². The predicted molar refractivity (Wildman–Crippen MR) is 84.3 cm³/mol. The van der Waals surface area contributed by atoms with E-state index >= 15 is 0 Å². The highest BCUT2D eigenvalue weighted by atomic mass is 16.5. The lowest BCUT2D eigenvalue weighted by Crippen LogP contribution is -2.19. The molecule has 2 aromatic carbocycles. The molecule has 0 fully saturated rings. The number of hydrogen-bond acceptors (Lipinski definition) is 3. The van der Waals surface area contributed by atoms with Gasteiger partial charge < -0.3 is 15.0 Å². The first-order valence-electron chi connectivity index (χ1n) is 6.89. The van der Waals surface area contributed by atoms with Crippen LogP contribution >= 0.6 is 0 Å². The Hall–Kier alpha value is -2.00. The zero-order valence-corrected chi connectivity index (χ0v) is 12.2. The molecule has 1 N–H and O–H groups in total. The van der Waals surface area contributed by atoms with Gasteiger partial charge in [0.05, 0.1) is 0 Å². The summed E-state index contributed by atoms with van der Waals surface area (Å²) in [5.74, 6) is 0.914. The summed E-state index contributed by atoms with van der Waals surface area (Å²) in [5, 5.41) is 3.40. The van der Waals surface area contributed by atoms with Crippen LogP contribution in [0, 0.1) is 0 Å². The third-order valence-electron chi connectivity index (χ3n) is 3.00.